The van der Waals surface area contributed by atoms with Crippen molar-refractivity contribution in [1.29, 1.82) is 0 Å². The summed E-state index contributed by atoms with van der Waals surface area (Å²) in [5.41, 5.74) is 4.28. The van der Waals surface area contributed by atoms with E-state index in [9.17, 15) is 18.0 Å². The maximum absolute atomic E-state index is 13.0. The molecule has 1 fully saturated rings. The molecule has 0 radical (unpaired) electrons. The molecular weight excluding hydrogens is 552 g/mol. The molecule has 1 aliphatic heterocycles. The lowest BCUT2D eigenvalue weighted by molar-refractivity contribution is -0.131. The molecule has 12 nitrogen and oxygen atoms in total. The van der Waals surface area contributed by atoms with Crippen molar-refractivity contribution in [2.45, 2.75) is 31.2 Å². The predicted octanol–water partition coefficient (Wildman–Crippen LogP) is 1.03. The number of hydrogen-bond donors (Lipinski definition) is 3. The van der Waals surface area contributed by atoms with Gasteiger partial charge in [0, 0.05) is 43.6 Å². The minimum absolute atomic E-state index is 0.0815. The van der Waals surface area contributed by atoms with Crippen LogP contribution in [0.5, 0.6) is 0 Å². The molecule has 4 rings (SSSR count). The van der Waals surface area contributed by atoms with Crippen molar-refractivity contribution in [3.8, 4) is 11.8 Å². The zero-order chi connectivity index (χ0) is 30.0. The summed E-state index contributed by atoms with van der Waals surface area (Å²) in [7, 11) is -3.88. The largest absolute Gasteiger partial charge is 0.483 e. The molecule has 1 saturated heterocycles. The first-order valence-corrected chi connectivity index (χ1v) is 14.5. The Hall–Kier alpha value is -4.09. The van der Waals surface area contributed by atoms with E-state index in [1.54, 1.807) is 18.2 Å². The summed E-state index contributed by atoms with van der Waals surface area (Å²) in [6, 6.07) is 13.2. The summed E-state index contributed by atoms with van der Waals surface area (Å²) in [5.74, 6) is 5.19. The highest BCUT2D eigenvalue weighted by atomic mass is 32.2. The molecule has 0 spiro atoms. The number of carboxylic acid groups (broad SMARTS) is 1. The first-order valence-electron chi connectivity index (χ1n) is 12.6. The lowest BCUT2D eigenvalue weighted by Crippen LogP contribution is -2.50. The Morgan fingerprint density at radius 1 is 1.15 bits per heavy atom. The van der Waals surface area contributed by atoms with E-state index >= 15 is 0 Å². The topological polar surface area (TPSA) is 168 Å². The average molecular weight is 585 g/mol. The molecule has 0 bridgehead atoms. The molecule has 1 aromatic heterocycles. The number of rotatable bonds is 7. The molecule has 1 amide bonds. The van der Waals surface area contributed by atoms with Gasteiger partial charge in [-0.15, -0.1) is 0 Å². The van der Waals surface area contributed by atoms with E-state index in [0.29, 0.717) is 16.5 Å². The van der Waals surface area contributed by atoms with Crippen molar-refractivity contribution in [1.82, 2.24) is 19.9 Å². The van der Waals surface area contributed by atoms with Crippen LogP contribution in [0.4, 0.5) is 0 Å². The summed E-state index contributed by atoms with van der Waals surface area (Å²) in [5, 5.41) is 16.2. The van der Waals surface area contributed by atoms with E-state index in [1.807, 2.05) is 12.1 Å². The fourth-order valence-electron chi connectivity index (χ4n) is 4.17. The van der Waals surface area contributed by atoms with Gasteiger partial charge in [-0.1, -0.05) is 24.0 Å². The molecule has 3 aromatic rings. The third-order valence-corrected chi connectivity index (χ3v) is 8.90. The van der Waals surface area contributed by atoms with Crippen LogP contribution in [0.3, 0.4) is 0 Å². The standard InChI is InChI=1S/C27H30N4O6S.CH2O2/c1-27(26(33)29-34,38(2,35)36)11-12-31-19-28-24-17-21(9-10-23(24)25(31)32)6-3-20-4-7-22(8-5-20)18-30-13-15-37-16-14-30;2-1-3/h4-5,7-10,17,19,34H,11-16,18H2,1-2H3,(H,29,33);1H,(H,2,3). The number of aryl methyl sites for hydroxylation is 1. The van der Waals surface area contributed by atoms with Crippen LogP contribution in [0.2, 0.25) is 0 Å². The van der Waals surface area contributed by atoms with Crippen LogP contribution in [0.15, 0.2) is 53.6 Å². The van der Waals surface area contributed by atoms with Crippen LogP contribution in [0, 0.1) is 11.8 Å². The lowest BCUT2D eigenvalue weighted by atomic mass is 10.1. The number of fused-ring (bicyclic) bond motifs is 1. The second-order valence-electron chi connectivity index (χ2n) is 9.61. The van der Waals surface area contributed by atoms with Crippen molar-refractivity contribution in [3.05, 3.63) is 75.8 Å². The zero-order valence-electron chi connectivity index (χ0n) is 22.7. The number of sulfone groups is 1. The highest BCUT2D eigenvalue weighted by molar-refractivity contribution is 7.92. The highest BCUT2D eigenvalue weighted by Gasteiger charge is 2.43. The molecule has 41 heavy (non-hydrogen) atoms. The van der Waals surface area contributed by atoms with E-state index in [2.05, 4.69) is 33.9 Å². The molecule has 3 N–H and O–H groups in total. The second-order valence-corrected chi connectivity index (χ2v) is 12.1. The van der Waals surface area contributed by atoms with Crippen molar-refractivity contribution in [2.75, 3.05) is 32.6 Å². The SMILES string of the molecule is CC(CCn1cnc2cc(C#Cc3ccc(CN4CCOCC4)cc3)ccc2c1=O)(C(=O)NO)S(C)(=O)=O.O=CO. The lowest BCUT2D eigenvalue weighted by Gasteiger charge is -2.26. The molecule has 1 unspecified atom stereocenters. The summed E-state index contributed by atoms with van der Waals surface area (Å²) < 4.78 is 29.1. The van der Waals surface area contributed by atoms with Gasteiger partial charge in [-0.05, 0) is 49.2 Å². The Morgan fingerprint density at radius 3 is 2.37 bits per heavy atom. The van der Waals surface area contributed by atoms with E-state index in [0.717, 1.165) is 44.7 Å². The third-order valence-electron chi connectivity index (χ3n) is 6.87. The number of ether oxygens (including phenoxy) is 1. The predicted molar refractivity (Wildman–Crippen MR) is 151 cm³/mol. The number of morpholine rings is 1. The maximum atomic E-state index is 13.0. The van der Waals surface area contributed by atoms with Gasteiger partial charge < -0.3 is 9.84 Å². The molecule has 1 aliphatic rings. The number of carbonyl (C=O) groups excluding carboxylic acids is 1. The summed E-state index contributed by atoms with van der Waals surface area (Å²) >= 11 is 0. The molecular formula is C28H32N4O8S. The van der Waals surface area contributed by atoms with Gasteiger partial charge in [0.1, 0.15) is 0 Å². The van der Waals surface area contributed by atoms with Gasteiger partial charge in [0.25, 0.3) is 17.9 Å². The maximum Gasteiger partial charge on any atom is 0.290 e. The zero-order valence-corrected chi connectivity index (χ0v) is 23.6. The van der Waals surface area contributed by atoms with Crippen LogP contribution >= 0.6 is 0 Å². The number of nitrogens with zero attached hydrogens (tertiary/aromatic N) is 3. The number of amides is 1. The smallest absolute Gasteiger partial charge is 0.290 e. The second kappa shape index (κ2) is 14.0. The van der Waals surface area contributed by atoms with Crippen LogP contribution in [-0.4, -0.2) is 82.9 Å². The van der Waals surface area contributed by atoms with E-state index in [1.165, 1.54) is 28.9 Å². The van der Waals surface area contributed by atoms with Crippen LogP contribution in [0.1, 0.15) is 30.0 Å². The highest BCUT2D eigenvalue weighted by Crippen LogP contribution is 2.22. The Bertz CT molecular complexity index is 1600. The molecule has 2 heterocycles. The van der Waals surface area contributed by atoms with Crippen molar-refractivity contribution >= 4 is 33.1 Å². The first-order chi connectivity index (χ1) is 19.5. The Labute approximate surface area is 237 Å². The molecule has 0 saturated carbocycles. The third kappa shape index (κ3) is 7.99. The molecule has 1 atom stereocenters. The molecule has 2 aromatic carbocycles. The van der Waals surface area contributed by atoms with Gasteiger partial charge in [-0.3, -0.25) is 29.1 Å². The monoisotopic (exact) mass is 584 g/mol. The number of aromatic nitrogens is 2. The summed E-state index contributed by atoms with van der Waals surface area (Å²) in [6.45, 7) is 5.16. The number of hydroxylamine groups is 1. The number of carbonyl (C=O) groups is 2. The van der Waals surface area contributed by atoms with Crippen molar-refractivity contribution in [3.63, 3.8) is 0 Å². The van der Waals surface area contributed by atoms with Gasteiger partial charge >= 0.3 is 0 Å². The minimum Gasteiger partial charge on any atom is -0.483 e. The Balaban J connectivity index is 0.00000147. The van der Waals surface area contributed by atoms with Crippen LogP contribution in [-0.2, 0) is 37.3 Å². The Kier molecular flexibility index (Phi) is 10.7. The van der Waals surface area contributed by atoms with Gasteiger partial charge in [-0.2, -0.15) is 0 Å². The number of benzene rings is 2. The van der Waals surface area contributed by atoms with Gasteiger partial charge in [-0.25, -0.2) is 18.9 Å². The fourth-order valence-corrected chi connectivity index (χ4v) is 5.01. The van der Waals surface area contributed by atoms with Crippen molar-refractivity contribution < 1.29 is 33.1 Å². The number of nitrogens with one attached hydrogen (secondary N) is 1. The van der Waals surface area contributed by atoms with E-state index < -0.39 is 20.5 Å². The van der Waals surface area contributed by atoms with E-state index in [-0.39, 0.29) is 25.0 Å². The quantitative estimate of drug-likeness (QED) is 0.158. The minimum atomic E-state index is -3.88. The number of hydrogen-bond acceptors (Lipinski definition) is 9. The normalized spacial score (nSPS) is 15.0. The molecule has 218 valence electrons. The van der Waals surface area contributed by atoms with Gasteiger partial charge in [0.05, 0.1) is 30.4 Å². The fraction of sp³-hybridized carbons (Fsp3) is 0.357. The first kappa shape index (κ1) is 31.4. The van der Waals surface area contributed by atoms with E-state index in [4.69, 9.17) is 19.8 Å². The summed E-state index contributed by atoms with van der Waals surface area (Å²) in [4.78, 5) is 40.1. The van der Waals surface area contributed by atoms with Crippen LogP contribution in [0.25, 0.3) is 10.9 Å². The van der Waals surface area contributed by atoms with Crippen molar-refractivity contribution in [2.24, 2.45) is 0 Å². The molecule has 13 heteroatoms. The Morgan fingerprint density at radius 2 is 1.76 bits per heavy atom. The van der Waals surface area contributed by atoms with Gasteiger partial charge in [0.15, 0.2) is 14.6 Å². The average Bonchev–Trinajstić information content (AvgIpc) is 2.96. The van der Waals surface area contributed by atoms with Gasteiger partial charge in [0.2, 0.25) is 0 Å². The summed E-state index contributed by atoms with van der Waals surface area (Å²) in [6.07, 6.45) is 2.00. The molecule has 0 aliphatic carbocycles. The van der Waals surface area contributed by atoms with Crippen LogP contribution < -0.4 is 11.0 Å².